The van der Waals surface area contributed by atoms with Gasteiger partial charge in [-0.1, -0.05) is 0 Å². The third kappa shape index (κ3) is 6.10. The Bertz CT molecular complexity index is 447. The lowest BCUT2D eigenvalue weighted by atomic mass is 10.2. The summed E-state index contributed by atoms with van der Waals surface area (Å²) in [4.78, 5) is 6.73. The van der Waals surface area contributed by atoms with Crippen LogP contribution in [-0.2, 0) is 14.6 Å². The van der Waals surface area contributed by atoms with Crippen LogP contribution in [0.2, 0.25) is 0 Å². The zero-order chi connectivity index (χ0) is 15.8. The Labute approximate surface area is 133 Å². The van der Waals surface area contributed by atoms with Crippen molar-refractivity contribution in [3.63, 3.8) is 0 Å². The second-order valence-electron chi connectivity index (χ2n) is 5.77. The summed E-state index contributed by atoms with van der Waals surface area (Å²) in [5, 5.41) is 6.53. The second-order valence-corrected chi connectivity index (χ2v) is 8.08. The van der Waals surface area contributed by atoms with Gasteiger partial charge in [-0.15, -0.1) is 0 Å². The van der Waals surface area contributed by atoms with Crippen molar-refractivity contribution in [2.75, 3.05) is 57.4 Å². The predicted octanol–water partition coefficient (Wildman–Crippen LogP) is -0.549. The van der Waals surface area contributed by atoms with Crippen LogP contribution in [0.5, 0.6) is 0 Å². The molecule has 0 amide bonds. The first-order valence-electron chi connectivity index (χ1n) is 8.15. The third-order valence-electron chi connectivity index (χ3n) is 3.98. The van der Waals surface area contributed by atoms with Crippen molar-refractivity contribution >= 4 is 15.8 Å². The van der Waals surface area contributed by atoms with Crippen LogP contribution in [0.3, 0.4) is 0 Å². The summed E-state index contributed by atoms with van der Waals surface area (Å²) in [5.41, 5.74) is 0. The average Bonchev–Trinajstić information content (AvgIpc) is 3.00. The van der Waals surface area contributed by atoms with E-state index in [0.717, 1.165) is 45.0 Å². The highest BCUT2D eigenvalue weighted by Crippen LogP contribution is 2.11. The Morgan fingerprint density at radius 1 is 1.32 bits per heavy atom. The third-order valence-corrected chi connectivity index (χ3v) is 5.59. The first-order valence-corrected chi connectivity index (χ1v) is 9.98. The van der Waals surface area contributed by atoms with Crippen LogP contribution in [0, 0.1) is 0 Å². The Morgan fingerprint density at radius 2 is 2.09 bits per heavy atom. The summed E-state index contributed by atoms with van der Waals surface area (Å²) >= 11 is 0. The van der Waals surface area contributed by atoms with Gasteiger partial charge in [-0.05, 0) is 19.8 Å². The minimum absolute atomic E-state index is 0.253. The molecule has 0 aromatic heterocycles. The maximum Gasteiger partial charge on any atom is 0.191 e. The van der Waals surface area contributed by atoms with Crippen molar-refractivity contribution in [1.29, 1.82) is 0 Å². The van der Waals surface area contributed by atoms with E-state index in [1.165, 1.54) is 0 Å². The molecule has 2 N–H and O–H groups in total. The van der Waals surface area contributed by atoms with Crippen LogP contribution in [0.4, 0.5) is 0 Å². The van der Waals surface area contributed by atoms with Gasteiger partial charge in [0, 0.05) is 39.3 Å². The highest BCUT2D eigenvalue weighted by molar-refractivity contribution is 7.91. The van der Waals surface area contributed by atoms with E-state index in [1.54, 1.807) is 0 Å². The molecule has 0 saturated carbocycles. The van der Waals surface area contributed by atoms with Gasteiger partial charge in [-0.2, -0.15) is 0 Å². The molecule has 0 spiro atoms. The van der Waals surface area contributed by atoms with Gasteiger partial charge in [0.2, 0.25) is 0 Å². The zero-order valence-electron chi connectivity index (χ0n) is 13.4. The van der Waals surface area contributed by atoms with Crippen LogP contribution in [0.1, 0.15) is 19.8 Å². The summed E-state index contributed by atoms with van der Waals surface area (Å²) < 4.78 is 28.4. The number of hydrogen-bond donors (Lipinski definition) is 2. The minimum atomic E-state index is -2.80. The van der Waals surface area contributed by atoms with Gasteiger partial charge < -0.3 is 15.4 Å². The molecule has 2 rings (SSSR count). The number of guanidine groups is 1. The molecule has 22 heavy (non-hydrogen) atoms. The van der Waals surface area contributed by atoms with Gasteiger partial charge in [-0.3, -0.25) is 9.89 Å². The SMILES string of the molecule is CCNC(=NCC1CCCO1)NCCN1CCS(=O)(=O)CC1. The van der Waals surface area contributed by atoms with E-state index in [1.807, 2.05) is 6.92 Å². The van der Waals surface area contributed by atoms with E-state index in [4.69, 9.17) is 4.74 Å². The molecule has 1 unspecified atom stereocenters. The highest BCUT2D eigenvalue weighted by Gasteiger charge is 2.21. The number of nitrogens with one attached hydrogen (secondary N) is 2. The summed E-state index contributed by atoms with van der Waals surface area (Å²) in [6.07, 6.45) is 2.47. The molecule has 128 valence electrons. The van der Waals surface area contributed by atoms with Crippen LogP contribution in [0.25, 0.3) is 0 Å². The Balaban J connectivity index is 1.68. The van der Waals surface area contributed by atoms with Crippen molar-refractivity contribution in [2.24, 2.45) is 4.99 Å². The van der Waals surface area contributed by atoms with Crippen LogP contribution in [0.15, 0.2) is 4.99 Å². The van der Waals surface area contributed by atoms with Gasteiger partial charge >= 0.3 is 0 Å². The molecule has 2 saturated heterocycles. The summed E-state index contributed by atoms with van der Waals surface area (Å²) in [6.45, 7) is 7.26. The molecule has 8 heteroatoms. The maximum atomic E-state index is 11.4. The smallest absolute Gasteiger partial charge is 0.191 e. The van der Waals surface area contributed by atoms with Gasteiger partial charge in [0.1, 0.15) is 0 Å². The number of ether oxygens (including phenoxy) is 1. The number of aliphatic imine (C=N–C) groups is 1. The van der Waals surface area contributed by atoms with E-state index >= 15 is 0 Å². The standard InChI is InChI=1S/C14H28N4O3S/c1-2-15-14(17-12-13-4-3-9-21-13)16-5-6-18-7-10-22(19,20)11-8-18/h13H,2-12H2,1H3,(H2,15,16,17). The lowest BCUT2D eigenvalue weighted by molar-refractivity contribution is 0.117. The van der Waals surface area contributed by atoms with Crippen molar-refractivity contribution < 1.29 is 13.2 Å². The highest BCUT2D eigenvalue weighted by atomic mass is 32.2. The van der Waals surface area contributed by atoms with Gasteiger partial charge in [0.05, 0.1) is 24.2 Å². The minimum Gasteiger partial charge on any atom is -0.376 e. The first kappa shape index (κ1) is 17.5. The Kier molecular flexibility index (Phi) is 6.91. The second kappa shape index (κ2) is 8.69. The molecule has 0 bridgehead atoms. The summed E-state index contributed by atoms with van der Waals surface area (Å²) in [5.74, 6) is 1.36. The number of hydrogen-bond acceptors (Lipinski definition) is 5. The molecule has 1 atom stereocenters. The van der Waals surface area contributed by atoms with Crippen molar-refractivity contribution in [3.8, 4) is 0 Å². The van der Waals surface area contributed by atoms with Crippen LogP contribution >= 0.6 is 0 Å². The number of nitrogens with zero attached hydrogens (tertiary/aromatic N) is 2. The Hall–Kier alpha value is -0.860. The molecule has 2 fully saturated rings. The largest absolute Gasteiger partial charge is 0.376 e. The maximum absolute atomic E-state index is 11.4. The molecule has 0 aliphatic carbocycles. The fourth-order valence-electron chi connectivity index (χ4n) is 2.63. The van der Waals surface area contributed by atoms with Crippen molar-refractivity contribution in [2.45, 2.75) is 25.9 Å². The number of rotatable bonds is 6. The average molecular weight is 332 g/mol. The van der Waals surface area contributed by atoms with Crippen molar-refractivity contribution in [1.82, 2.24) is 15.5 Å². The molecule has 0 aromatic rings. The lowest BCUT2D eigenvalue weighted by Gasteiger charge is -2.26. The molecular weight excluding hydrogens is 304 g/mol. The van der Waals surface area contributed by atoms with Crippen LogP contribution < -0.4 is 10.6 Å². The number of sulfone groups is 1. The van der Waals surface area contributed by atoms with E-state index in [-0.39, 0.29) is 17.6 Å². The van der Waals surface area contributed by atoms with E-state index in [0.29, 0.717) is 19.6 Å². The zero-order valence-corrected chi connectivity index (χ0v) is 14.2. The Morgan fingerprint density at radius 3 is 2.73 bits per heavy atom. The predicted molar refractivity (Wildman–Crippen MR) is 88.0 cm³/mol. The quantitative estimate of drug-likeness (QED) is 0.502. The molecule has 0 radical (unpaired) electrons. The van der Waals surface area contributed by atoms with E-state index < -0.39 is 9.84 Å². The fourth-order valence-corrected chi connectivity index (χ4v) is 3.91. The monoisotopic (exact) mass is 332 g/mol. The summed E-state index contributed by atoms with van der Waals surface area (Å²) in [7, 11) is -2.80. The molecule has 7 nitrogen and oxygen atoms in total. The first-order chi connectivity index (χ1) is 10.6. The normalized spacial score (nSPS) is 26.0. The van der Waals surface area contributed by atoms with E-state index in [2.05, 4.69) is 20.5 Å². The molecule has 0 aromatic carbocycles. The van der Waals surface area contributed by atoms with Gasteiger partial charge in [-0.25, -0.2) is 8.42 Å². The van der Waals surface area contributed by atoms with Gasteiger partial charge in [0.15, 0.2) is 15.8 Å². The molecular formula is C14H28N4O3S. The fraction of sp³-hybridized carbons (Fsp3) is 0.929. The lowest BCUT2D eigenvalue weighted by Crippen LogP contribution is -2.46. The van der Waals surface area contributed by atoms with Crippen LogP contribution in [-0.4, -0.2) is 82.8 Å². The molecule has 2 heterocycles. The summed E-state index contributed by atoms with van der Waals surface area (Å²) in [6, 6.07) is 0. The molecule has 2 aliphatic heterocycles. The topological polar surface area (TPSA) is 83.0 Å². The molecule has 2 aliphatic rings. The van der Waals surface area contributed by atoms with Gasteiger partial charge in [0.25, 0.3) is 0 Å². The van der Waals surface area contributed by atoms with E-state index in [9.17, 15) is 8.42 Å². The van der Waals surface area contributed by atoms with Crippen molar-refractivity contribution in [3.05, 3.63) is 0 Å².